The van der Waals surface area contributed by atoms with Gasteiger partial charge in [-0.2, -0.15) is 0 Å². The lowest BCUT2D eigenvalue weighted by atomic mass is 10.0. The molecule has 146 valence electrons. The second-order valence-electron chi connectivity index (χ2n) is 6.72. The van der Waals surface area contributed by atoms with Gasteiger partial charge in [-0.1, -0.05) is 89.8 Å². The van der Waals surface area contributed by atoms with Gasteiger partial charge in [-0.25, -0.2) is 4.98 Å². The highest BCUT2D eigenvalue weighted by atomic mass is 79.9. The Morgan fingerprint density at radius 2 is 1.77 bits per heavy atom. The SMILES string of the molecule is C=C/C=C(\C=C)c1cccc(-n2c(-c3ccccc3)nc3cc(Br)ccc3c2=O)c1. The number of aromatic nitrogens is 2. The van der Waals surface area contributed by atoms with Crippen LogP contribution in [-0.2, 0) is 0 Å². The Morgan fingerprint density at radius 1 is 0.967 bits per heavy atom. The number of fused-ring (bicyclic) bond motifs is 1. The molecule has 0 unspecified atom stereocenters. The lowest BCUT2D eigenvalue weighted by Crippen LogP contribution is -2.22. The third-order valence-electron chi connectivity index (χ3n) is 4.82. The number of rotatable bonds is 5. The molecular formula is C26H19BrN2O. The Morgan fingerprint density at radius 3 is 2.50 bits per heavy atom. The molecule has 0 radical (unpaired) electrons. The van der Waals surface area contributed by atoms with Gasteiger partial charge in [-0.05, 0) is 41.5 Å². The summed E-state index contributed by atoms with van der Waals surface area (Å²) in [5, 5.41) is 0.564. The highest BCUT2D eigenvalue weighted by Gasteiger charge is 2.15. The molecule has 3 aromatic carbocycles. The van der Waals surface area contributed by atoms with Gasteiger partial charge in [-0.15, -0.1) is 0 Å². The summed E-state index contributed by atoms with van der Waals surface area (Å²) >= 11 is 3.48. The molecule has 1 heterocycles. The zero-order chi connectivity index (χ0) is 21.1. The Hall–Kier alpha value is -3.50. The Labute approximate surface area is 183 Å². The van der Waals surface area contributed by atoms with Crippen molar-refractivity contribution in [3.05, 3.63) is 125 Å². The molecule has 0 N–H and O–H groups in total. The van der Waals surface area contributed by atoms with Crippen molar-refractivity contribution in [2.24, 2.45) is 0 Å². The van der Waals surface area contributed by atoms with Crippen LogP contribution in [0.3, 0.4) is 0 Å². The van der Waals surface area contributed by atoms with Gasteiger partial charge in [0.2, 0.25) is 0 Å². The quantitative estimate of drug-likeness (QED) is 0.319. The number of hydrogen-bond acceptors (Lipinski definition) is 2. The van der Waals surface area contributed by atoms with Gasteiger partial charge in [-0.3, -0.25) is 9.36 Å². The van der Waals surface area contributed by atoms with Crippen molar-refractivity contribution in [2.45, 2.75) is 0 Å². The molecule has 0 amide bonds. The maximum atomic E-state index is 13.6. The van der Waals surface area contributed by atoms with Gasteiger partial charge < -0.3 is 0 Å². The third kappa shape index (κ3) is 3.70. The van der Waals surface area contributed by atoms with E-state index < -0.39 is 0 Å². The average Bonchev–Trinajstić information content (AvgIpc) is 2.77. The van der Waals surface area contributed by atoms with E-state index in [1.165, 1.54) is 0 Å². The lowest BCUT2D eigenvalue weighted by molar-refractivity contribution is 0.975. The van der Waals surface area contributed by atoms with Crippen LogP contribution in [0.2, 0.25) is 0 Å². The zero-order valence-electron chi connectivity index (χ0n) is 16.3. The highest BCUT2D eigenvalue weighted by molar-refractivity contribution is 9.10. The van der Waals surface area contributed by atoms with Crippen LogP contribution in [0, 0.1) is 0 Å². The van der Waals surface area contributed by atoms with E-state index in [-0.39, 0.29) is 5.56 Å². The molecule has 0 spiro atoms. The van der Waals surface area contributed by atoms with Crippen molar-refractivity contribution in [2.75, 3.05) is 0 Å². The van der Waals surface area contributed by atoms with Crippen molar-refractivity contribution >= 4 is 32.4 Å². The van der Waals surface area contributed by atoms with Gasteiger partial charge >= 0.3 is 0 Å². The van der Waals surface area contributed by atoms with Crippen molar-refractivity contribution < 1.29 is 0 Å². The van der Waals surface area contributed by atoms with Crippen LogP contribution in [0.1, 0.15) is 5.56 Å². The second-order valence-corrected chi connectivity index (χ2v) is 7.63. The van der Waals surface area contributed by atoms with Crippen LogP contribution >= 0.6 is 15.9 Å². The molecule has 30 heavy (non-hydrogen) atoms. The van der Waals surface area contributed by atoms with Gasteiger partial charge in [0.1, 0.15) is 5.82 Å². The number of hydrogen-bond donors (Lipinski definition) is 0. The summed E-state index contributed by atoms with van der Waals surface area (Å²) in [6.45, 7) is 7.66. The molecule has 0 fully saturated rings. The van der Waals surface area contributed by atoms with Gasteiger partial charge in [0, 0.05) is 10.0 Å². The molecule has 0 atom stereocenters. The van der Waals surface area contributed by atoms with Gasteiger partial charge in [0.25, 0.3) is 5.56 Å². The number of benzene rings is 3. The van der Waals surface area contributed by atoms with Crippen LogP contribution in [-0.4, -0.2) is 9.55 Å². The number of nitrogens with zero attached hydrogens (tertiary/aromatic N) is 2. The van der Waals surface area contributed by atoms with E-state index >= 15 is 0 Å². The maximum Gasteiger partial charge on any atom is 0.266 e. The molecule has 4 aromatic rings. The average molecular weight is 455 g/mol. The first-order chi connectivity index (χ1) is 14.6. The molecule has 0 aliphatic carbocycles. The van der Waals surface area contributed by atoms with E-state index in [1.807, 2.05) is 72.8 Å². The molecule has 0 bridgehead atoms. The molecule has 0 aliphatic heterocycles. The molecule has 0 aliphatic rings. The van der Waals surface area contributed by atoms with Crippen molar-refractivity contribution in [1.82, 2.24) is 9.55 Å². The third-order valence-corrected chi connectivity index (χ3v) is 5.31. The van der Waals surface area contributed by atoms with Crippen molar-refractivity contribution in [3.8, 4) is 17.1 Å². The summed E-state index contributed by atoms with van der Waals surface area (Å²) in [6, 6.07) is 23.1. The summed E-state index contributed by atoms with van der Waals surface area (Å²) in [6.07, 6.45) is 5.39. The smallest absolute Gasteiger partial charge is 0.266 e. The lowest BCUT2D eigenvalue weighted by Gasteiger charge is -2.15. The van der Waals surface area contributed by atoms with Crippen LogP contribution in [0.5, 0.6) is 0 Å². The molecule has 0 saturated heterocycles. The molecule has 4 rings (SSSR count). The maximum absolute atomic E-state index is 13.6. The Kier molecular flexibility index (Phi) is 5.59. The van der Waals surface area contributed by atoms with E-state index in [9.17, 15) is 4.79 Å². The van der Waals surface area contributed by atoms with E-state index in [4.69, 9.17) is 4.98 Å². The molecule has 1 aromatic heterocycles. The van der Waals surface area contributed by atoms with E-state index in [2.05, 4.69) is 29.1 Å². The zero-order valence-corrected chi connectivity index (χ0v) is 17.8. The minimum absolute atomic E-state index is 0.114. The Balaban J connectivity index is 2.06. The predicted octanol–water partition coefficient (Wildman–Crippen LogP) is 6.57. The van der Waals surface area contributed by atoms with E-state index in [0.29, 0.717) is 16.7 Å². The Bertz CT molecular complexity index is 1350. The summed E-state index contributed by atoms with van der Waals surface area (Å²) in [5.74, 6) is 0.594. The first kappa shape index (κ1) is 19.8. The van der Waals surface area contributed by atoms with E-state index in [1.54, 1.807) is 22.8 Å². The molecule has 4 heteroatoms. The van der Waals surface area contributed by atoms with E-state index in [0.717, 1.165) is 26.9 Å². The molecular weight excluding hydrogens is 436 g/mol. The van der Waals surface area contributed by atoms with Crippen LogP contribution < -0.4 is 5.56 Å². The molecule has 0 saturated carbocycles. The van der Waals surface area contributed by atoms with Crippen molar-refractivity contribution in [1.29, 1.82) is 0 Å². The summed E-state index contributed by atoms with van der Waals surface area (Å²) in [4.78, 5) is 18.4. The monoisotopic (exact) mass is 454 g/mol. The fraction of sp³-hybridized carbons (Fsp3) is 0. The number of halogens is 1. The van der Waals surface area contributed by atoms with Gasteiger partial charge in [0.05, 0.1) is 16.6 Å². The standard InChI is InChI=1S/C26H19BrN2O/c1-3-9-18(4-2)20-12-8-13-22(16-20)29-25(19-10-6-5-7-11-19)28-24-17-21(27)14-15-23(24)26(29)30/h3-17H,1-2H2/b18-9+. The predicted molar refractivity (Wildman–Crippen MR) is 129 cm³/mol. The summed E-state index contributed by atoms with van der Waals surface area (Å²) < 4.78 is 2.55. The van der Waals surface area contributed by atoms with Crippen molar-refractivity contribution in [3.63, 3.8) is 0 Å². The minimum atomic E-state index is -0.114. The van der Waals surface area contributed by atoms with Crippen LogP contribution in [0.25, 0.3) is 33.6 Å². The normalized spacial score (nSPS) is 11.4. The van der Waals surface area contributed by atoms with Crippen LogP contribution in [0.15, 0.2) is 113 Å². The van der Waals surface area contributed by atoms with Crippen LogP contribution in [0.4, 0.5) is 0 Å². The topological polar surface area (TPSA) is 34.9 Å². The highest BCUT2D eigenvalue weighted by Crippen LogP contribution is 2.25. The fourth-order valence-corrected chi connectivity index (χ4v) is 3.76. The van der Waals surface area contributed by atoms with Gasteiger partial charge in [0.15, 0.2) is 0 Å². The fourth-order valence-electron chi connectivity index (χ4n) is 3.41. The largest absolute Gasteiger partial charge is 0.268 e. The minimum Gasteiger partial charge on any atom is -0.268 e. The first-order valence-electron chi connectivity index (χ1n) is 9.46. The second kappa shape index (κ2) is 8.47. The molecule has 3 nitrogen and oxygen atoms in total. The number of allylic oxidation sites excluding steroid dienone is 4. The summed E-state index contributed by atoms with van der Waals surface area (Å²) in [7, 11) is 0. The first-order valence-corrected chi connectivity index (χ1v) is 10.3. The summed E-state index contributed by atoms with van der Waals surface area (Å²) in [5.41, 5.74) is 4.02.